The molecule has 0 bridgehead atoms. The third kappa shape index (κ3) is 4.09. The molecule has 1 saturated heterocycles. The molecular formula is C18H25NO5Si. The number of esters is 1. The van der Waals surface area contributed by atoms with E-state index in [1.165, 1.54) is 0 Å². The second-order valence-corrected chi connectivity index (χ2v) is 12.8. The van der Waals surface area contributed by atoms with Crippen molar-refractivity contribution in [3.8, 4) is 0 Å². The quantitative estimate of drug-likeness (QED) is 0.354. The third-order valence-corrected chi connectivity index (χ3v) is 10.6. The smallest absolute Gasteiger partial charge is 0.432 e. The molecule has 1 atom stereocenters. The molecule has 6 nitrogen and oxygen atoms in total. The van der Waals surface area contributed by atoms with Gasteiger partial charge in [0.25, 0.3) is 0 Å². The molecule has 1 unspecified atom stereocenters. The van der Waals surface area contributed by atoms with Crippen molar-refractivity contribution >= 4 is 26.3 Å². The van der Waals surface area contributed by atoms with Crippen molar-refractivity contribution in [3.63, 3.8) is 0 Å². The summed E-state index contributed by atoms with van der Waals surface area (Å²) >= 11 is 0. The van der Waals surface area contributed by atoms with Gasteiger partial charge in [0.15, 0.2) is 8.24 Å². The molecule has 1 aliphatic rings. The molecule has 7 heteroatoms. The maximum absolute atomic E-state index is 12.1. The second kappa shape index (κ2) is 6.99. The Morgan fingerprint density at radius 3 is 2.32 bits per heavy atom. The first-order valence-corrected chi connectivity index (χ1v) is 11.2. The average Bonchev–Trinajstić information content (AvgIpc) is 2.50. The predicted molar refractivity (Wildman–Crippen MR) is 95.7 cm³/mol. The van der Waals surface area contributed by atoms with Gasteiger partial charge >= 0.3 is 12.1 Å². The summed E-state index contributed by atoms with van der Waals surface area (Å²) in [6.07, 6.45) is -0.685. The minimum Gasteiger partial charge on any atom is -0.432 e. The lowest BCUT2D eigenvalue weighted by Crippen LogP contribution is -2.69. The fraction of sp³-hybridized carbons (Fsp3) is 0.500. The maximum atomic E-state index is 12.1. The predicted octanol–water partition coefficient (Wildman–Crippen LogP) is 3.59. The fourth-order valence-electron chi connectivity index (χ4n) is 2.65. The average molecular weight is 363 g/mol. The lowest BCUT2D eigenvalue weighted by atomic mass is 10.1. The Bertz CT molecular complexity index is 666. The van der Waals surface area contributed by atoms with Crippen molar-refractivity contribution < 1.29 is 23.9 Å². The van der Waals surface area contributed by atoms with Crippen molar-refractivity contribution in [1.29, 1.82) is 0 Å². The van der Waals surface area contributed by atoms with Gasteiger partial charge in [-0.3, -0.25) is 4.79 Å². The normalized spacial score (nSPS) is 17.7. The number of ether oxygens (including phenoxy) is 2. The van der Waals surface area contributed by atoms with E-state index in [2.05, 4.69) is 38.6 Å². The number of hydrogen-bond donors (Lipinski definition) is 0. The highest BCUT2D eigenvalue weighted by atomic mass is 28.3. The first-order chi connectivity index (χ1) is 11.5. The van der Waals surface area contributed by atoms with Crippen molar-refractivity contribution in [2.24, 2.45) is 0 Å². The van der Waals surface area contributed by atoms with E-state index in [1.54, 1.807) is 30.3 Å². The number of amides is 1. The van der Waals surface area contributed by atoms with Crippen LogP contribution >= 0.6 is 0 Å². The monoisotopic (exact) mass is 363 g/mol. The third-order valence-electron chi connectivity index (χ3n) is 5.06. The summed E-state index contributed by atoms with van der Waals surface area (Å²) < 4.78 is 11.6. The van der Waals surface area contributed by atoms with Gasteiger partial charge in [-0.25, -0.2) is 9.59 Å². The Morgan fingerprint density at radius 1 is 1.20 bits per heavy atom. The Kier molecular flexibility index (Phi) is 5.36. The van der Waals surface area contributed by atoms with E-state index < -0.39 is 20.4 Å². The topological polar surface area (TPSA) is 72.9 Å². The lowest BCUT2D eigenvalue weighted by Gasteiger charge is -2.54. The molecule has 136 valence electrons. The van der Waals surface area contributed by atoms with Crippen LogP contribution in [0.15, 0.2) is 30.3 Å². The zero-order valence-corrected chi connectivity index (χ0v) is 16.4. The molecule has 25 heavy (non-hydrogen) atoms. The summed E-state index contributed by atoms with van der Waals surface area (Å²) in [7, 11) is -2.02. The number of benzene rings is 1. The number of rotatable bonds is 4. The van der Waals surface area contributed by atoms with E-state index >= 15 is 0 Å². The Hall–Kier alpha value is -2.15. The van der Waals surface area contributed by atoms with Crippen LogP contribution in [0.1, 0.15) is 37.6 Å². The molecule has 0 aromatic heterocycles. The summed E-state index contributed by atoms with van der Waals surface area (Å²) in [6.45, 7) is 10.7. The number of β-lactam (4-membered cyclic amide) rings is 1. The molecule has 1 aliphatic heterocycles. The van der Waals surface area contributed by atoms with E-state index in [9.17, 15) is 14.4 Å². The Labute approximate surface area is 149 Å². The Morgan fingerprint density at radius 2 is 1.80 bits per heavy atom. The largest absolute Gasteiger partial charge is 0.516 e. The van der Waals surface area contributed by atoms with Crippen LogP contribution in [-0.4, -0.2) is 43.5 Å². The van der Waals surface area contributed by atoms with Crippen molar-refractivity contribution in [3.05, 3.63) is 35.9 Å². The molecule has 1 aromatic rings. The molecule has 1 heterocycles. The van der Waals surface area contributed by atoms with E-state index in [0.29, 0.717) is 6.42 Å². The molecule has 0 spiro atoms. The summed E-state index contributed by atoms with van der Waals surface area (Å²) in [5.41, 5.74) is 0.279. The van der Waals surface area contributed by atoms with Crippen LogP contribution in [0.2, 0.25) is 18.1 Å². The molecule has 0 N–H and O–H groups in total. The van der Waals surface area contributed by atoms with Gasteiger partial charge in [0, 0.05) is 6.42 Å². The van der Waals surface area contributed by atoms with Gasteiger partial charge in [-0.2, -0.15) is 0 Å². The van der Waals surface area contributed by atoms with Gasteiger partial charge in [-0.15, -0.1) is 0 Å². The number of carbonyl (C=O) groups excluding carboxylic acids is 3. The van der Waals surface area contributed by atoms with E-state index in [-0.39, 0.29) is 29.2 Å². The summed E-state index contributed by atoms with van der Waals surface area (Å²) in [6, 6.07) is 8.09. The number of hydrogen-bond acceptors (Lipinski definition) is 5. The zero-order chi connectivity index (χ0) is 18.8. The summed E-state index contributed by atoms with van der Waals surface area (Å²) in [5, 5.41) is 0.00507. The first kappa shape index (κ1) is 19.2. The van der Waals surface area contributed by atoms with E-state index in [4.69, 9.17) is 4.74 Å². The van der Waals surface area contributed by atoms with Gasteiger partial charge in [-0.05, 0) is 17.2 Å². The molecule has 2 rings (SSSR count). The van der Waals surface area contributed by atoms with Crippen LogP contribution in [-0.2, 0) is 14.3 Å². The van der Waals surface area contributed by atoms with Gasteiger partial charge in [0.2, 0.25) is 5.91 Å². The minimum absolute atomic E-state index is 0.00507. The maximum Gasteiger partial charge on any atom is 0.516 e. The lowest BCUT2D eigenvalue weighted by molar-refractivity contribution is -0.141. The first-order valence-electron chi connectivity index (χ1n) is 8.30. The van der Waals surface area contributed by atoms with E-state index in [1.807, 2.05) is 4.57 Å². The molecular weight excluding hydrogens is 338 g/mol. The number of carbonyl (C=O) groups is 3. The van der Waals surface area contributed by atoms with Crippen molar-refractivity contribution in [2.45, 2.75) is 51.4 Å². The molecule has 1 fully saturated rings. The van der Waals surface area contributed by atoms with Crippen LogP contribution < -0.4 is 0 Å². The van der Waals surface area contributed by atoms with Crippen LogP contribution in [0.5, 0.6) is 0 Å². The Balaban J connectivity index is 1.90. The van der Waals surface area contributed by atoms with Gasteiger partial charge in [-0.1, -0.05) is 52.1 Å². The highest BCUT2D eigenvalue weighted by Crippen LogP contribution is 2.42. The van der Waals surface area contributed by atoms with Gasteiger partial charge in [0.05, 0.1) is 11.6 Å². The highest BCUT2D eigenvalue weighted by Gasteiger charge is 2.52. The SMILES string of the molecule is CC(C)(C)[Si](C)(C)N1C(=O)CC1COC(=O)OC(=O)c1ccccc1. The molecule has 0 saturated carbocycles. The van der Waals surface area contributed by atoms with Gasteiger partial charge in [0.1, 0.15) is 6.61 Å². The second-order valence-electron chi connectivity index (χ2n) is 7.75. The summed E-state index contributed by atoms with van der Waals surface area (Å²) in [4.78, 5) is 35.6. The van der Waals surface area contributed by atoms with Crippen LogP contribution in [0, 0.1) is 0 Å². The molecule has 1 amide bonds. The summed E-state index contributed by atoms with van der Waals surface area (Å²) in [5.74, 6) is -0.662. The van der Waals surface area contributed by atoms with Crippen molar-refractivity contribution in [2.75, 3.05) is 6.61 Å². The minimum atomic E-state index is -2.02. The zero-order valence-electron chi connectivity index (χ0n) is 15.4. The van der Waals surface area contributed by atoms with E-state index in [0.717, 1.165) is 0 Å². The van der Waals surface area contributed by atoms with Crippen LogP contribution in [0.4, 0.5) is 4.79 Å². The number of nitrogens with zero attached hydrogens (tertiary/aromatic N) is 1. The van der Waals surface area contributed by atoms with Crippen LogP contribution in [0.25, 0.3) is 0 Å². The van der Waals surface area contributed by atoms with Crippen LogP contribution in [0.3, 0.4) is 0 Å². The van der Waals surface area contributed by atoms with Crippen molar-refractivity contribution in [1.82, 2.24) is 4.57 Å². The van der Waals surface area contributed by atoms with Gasteiger partial charge < -0.3 is 14.0 Å². The standard InChI is InChI=1S/C18H25NO5Si/c1-18(2,3)25(4,5)19-14(11-15(19)20)12-23-17(22)24-16(21)13-9-7-6-8-10-13/h6-10,14H,11-12H2,1-5H3. The fourth-order valence-corrected chi connectivity index (χ4v) is 5.16. The molecule has 0 radical (unpaired) electrons. The molecule has 1 aromatic carbocycles. The molecule has 0 aliphatic carbocycles. The highest BCUT2D eigenvalue weighted by molar-refractivity contribution is 6.79.